The Balaban J connectivity index is 1.94. The number of ether oxygens (including phenoxy) is 1. The number of aromatic nitrogens is 1. The van der Waals surface area contributed by atoms with Crippen LogP contribution in [0.5, 0.6) is 0 Å². The second kappa shape index (κ2) is 6.04. The van der Waals surface area contributed by atoms with Gasteiger partial charge in [0, 0.05) is 18.3 Å². The number of benzene rings is 1. The van der Waals surface area contributed by atoms with Crippen LogP contribution >= 0.6 is 0 Å². The monoisotopic (exact) mass is 260 g/mol. The minimum Gasteiger partial charge on any atom is -0.452 e. The first-order chi connectivity index (χ1) is 9.20. The topological polar surface area (TPSA) is 71.2 Å². The average molecular weight is 260 g/mol. The summed E-state index contributed by atoms with van der Waals surface area (Å²) in [5.74, 6) is -0.778. The molecule has 0 fully saturated rings. The first-order valence-corrected chi connectivity index (χ1v) is 6.21. The van der Waals surface area contributed by atoms with E-state index in [1.807, 2.05) is 19.1 Å². The molecule has 0 aliphatic heterocycles. The molecule has 1 amide bonds. The van der Waals surface area contributed by atoms with Crippen LogP contribution in [0.25, 0.3) is 10.9 Å². The molecule has 5 heteroatoms. The van der Waals surface area contributed by atoms with Gasteiger partial charge in [-0.25, -0.2) is 4.79 Å². The Morgan fingerprint density at radius 2 is 2.16 bits per heavy atom. The molecule has 0 saturated heterocycles. The quantitative estimate of drug-likeness (QED) is 0.806. The molecule has 19 heavy (non-hydrogen) atoms. The van der Waals surface area contributed by atoms with Gasteiger partial charge in [-0.2, -0.15) is 0 Å². The molecule has 2 rings (SSSR count). The molecule has 0 atom stereocenters. The van der Waals surface area contributed by atoms with Crippen LogP contribution in [0, 0.1) is 0 Å². The lowest BCUT2D eigenvalue weighted by Gasteiger charge is -2.05. The van der Waals surface area contributed by atoms with Gasteiger partial charge < -0.3 is 15.0 Å². The highest BCUT2D eigenvalue weighted by Gasteiger charge is 2.10. The third kappa shape index (κ3) is 3.34. The molecule has 1 heterocycles. The largest absolute Gasteiger partial charge is 0.452 e. The van der Waals surface area contributed by atoms with E-state index in [0.29, 0.717) is 12.1 Å². The molecular formula is C14H16N2O3. The highest BCUT2D eigenvalue weighted by atomic mass is 16.5. The van der Waals surface area contributed by atoms with E-state index >= 15 is 0 Å². The van der Waals surface area contributed by atoms with E-state index in [1.54, 1.807) is 18.3 Å². The lowest BCUT2D eigenvalue weighted by atomic mass is 10.2. The van der Waals surface area contributed by atoms with Crippen LogP contribution < -0.4 is 5.32 Å². The molecule has 0 aliphatic rings. The van der Waals surface area contributed by atoms with E-state index in [0.717, 1.165) is 17.3 Å². The van der Waals surface area contributed by atoms with Crippen molar-refractivity contribution in [3.05, 3.63) is 36.0 Å². The van der Waals surface area contributed by atoms with Crippen molar-refractivity contribution in [2.24, 2.45) is 0 Å². The van der Waals surface area contributed by atoms with Crippen molar-refractivity contribution < 1.29 is 14.3 Å². The van der Waals surface area contributed by atoms with Gasteiger partial charge in [0.15, 0.2) is 6.61 Å². The summed E-state index contributed by atoms with van der Waals surface area (Å²) in [5.41, 5.74) is 1.29. The summed E-state index contributed by atoms with van der Waals surface area (Å²) in [6.45, 7) is 2.30. The van der Waals surface area contributed by atoms with Crippen molar-refractivity contribution in [2.75, 3.05) is 13.2 Å². The third-order valence-corrected chi connectivity index (χ3v) is 2.70. The predicted octanol–water partition coefficient (Wildman–Crippen LogP) is 1.85. The Hall–Kier alpha value is -2.30. The molecule has 2 aromatic rings. The number of aromatic amines is 1. The van der Waals surface area contributed by atoms with Crippen molar-refractivity contribution in [1.82, 2.24) is 10.3 Å². The molecule has 0 unspecified atom stereocenters. The number of carbonyl (C=O) groups is 2. The van der Waals surface area contributed by atoms with E-state index < -0.39 is 5.97 Å². The molecule has 5 nitrogen and oxygen atoms in total. The van der Waals surface area contributed by atoms with Gasteiger partial charge in [0.25, 0.3) is 5.91 Å². The summed E-state index contributed by atoms with van der Waals surface area (Å²) in [5, 5.41) is 3.67. The van der Waals surface area contributed by atoms with Crippen molar-refractivity contribution in [2.45, 2.75) is 13.3 Å². The fraction of sp³-hybridized carbons (Fsp3) is 0.286. The fourth-order valence-corrected chi connectivity index (χ4v) is 1.70. The molecule has 0 bridgehead atoms. The normalized spacial score (nSPS) is 10.4. The van der Waals surface area contributed by atoms with Crippen LogP contribution in [-0.2, 0) is 9.53 Å². The third-order valence-electron chi connectivity index (χ3n) is 2.70. The maximum absolute atomic E-state index is 11.8. The van der Waals surface area contributed by atoms with Crippen LogP contribution in [0.4, 0.5) is 0 Å². The number of rotatable bonds is 5. The second-order valence-corrected chi connectivity index (χ2v) is 4.21. The Morgan fingerprint density at radius 3 is 2.95 bits per heavy atom. The number of amides is 1. The van der Waals surface area contributed by atoms with Gasteiger partial charge in [0.2, 0.25) is 0 Å². The lowest BCUT2D eigenvalue weighted by Crippen LogP contribution is -2.29. The minimum absolute atomic E-state index is 0.248. The number of nitrogens with one attached hydrogen (secondary N) is 2. The molecule has 100 valence electrons. The van der Waals surface area contributed by atoms with Crippen LogP contribution in [0.2, 0.25) is 0 Å². The smallest absolute Gasteiger partial charge is 0.338 e. The number of esters is 1. The molecule has 2 N–H and O–H groups in total. The fourth-order valence-electron chi connectivity index (χ4n) is 1.70. The maximum Gasteiger partial charge on any atom is 0.338 e. The van der Waals surface area contributed by atoms with E-state index in [1.165, 1.54) is 0 Å². The standard InChI is InChI=1S/C14H16N2O3/c1-2-6-16-13(17)9-19-14(18)11-4-3-10-5-7-15-12(10)8-11/h3-5,7-8,15H,2,6,9H2,1H3,(H,16,17). The molecule has 0 aliphatic carbocycles. The van der Waals surface area contributed by atoms with E-state index in [9.17, 15) is 9.59 Å². The van der Waals surface area contributed by atoms with Gasteiger partial charge in [0.05, 0.1) is 5.56 Å². The average Bonchev–Trinajstić information content (AvgIpc) is 2.89. The summed E-state index contributed by atoms with van der Waals surface area (Å²) in [6.07, 6.45) is 2.65. The van der Waals surface area contributed by atoms with Crippen LogP contribution in [0.15, 0.2) is 30.5 Å². The van der Waals surface area contributed by atoms with Crippen LogP contribution in [0.3, 0.4) is 0 Å². The van der Waals surface area contributed by atoms with Gasteiger partial charge in [0.1, 0.15) is 0 Å². The van der Waals surface area contributed by atoms with Gasteiger partial charge >= 0.3 is 5.97 Å². The Labute approximate surface area is 110 Å². The van der Waals surface area contributed by atoms with Crippen LogP contribution in [-0.4, -0.2) is 30.0 Å². The SMILES string of the molecule is CCCNC(=O)COC(=O)c1ccc2cc[nH]c2c1. The molecule has 1 aromatic heterocycles. The summed E-state index contributed by atoms with van der Waals surface area (Å²) < 4.78 is 4.95. The van der Waals surface area contributed by atoms with Gasteiger partial charge in [-0.1, -0.05) is 13.0 Å². The molecule has 1 aromatic carbocycles. The van der Waals surface area contributed by atoms with Gasteiger partial charge in [-0.3, -0.25) is 4.79 Å². The number of hydrogen-bond donors (Lipinski definition) is 2. The zero-order chi connectivity index (χ0) is 13.7. The lowest BCUT2D eigenvalue weighted by molar-refractivity contribution is -0.124. The predicted molar refractivity (Wildman–Crippen MR) is 71.9 cm³/mol. The van der Waals surface area contributed by atoms with E-state index in [4.69, 9.17) is 4.74 Å². The van der Waals surface area contributed by atoms with Crippen molar-refractivity contribution in [3.8, 4) is 0 Å². The van der Waals surface area contributed by atoms with Crippen molar-refractivity contribution in [1.29, 1.82) is 0 Å². The molecular weight excluding hydrogens is 244 g/mol. The Bertz CT molecular complexity index is 589. The highest BCUT2D eigenvalue weighted by molar-refractivity contribution is 5.95. The Kier molecular flexibility index (Phi) is 4.18. The van der Waals surface area contributed by atoms with E-state index in [2.05, 4.69) is 10.3 Å². The second-order valence-electron chi connectivity index (χ2n) is 4.21. The minimum atomic E-state index is -0.497. The molecule has 0 radical (unpaired) electrons. The number of hydrogen-bond acceptors (Lipinski definition) is 3. The number of H-pyrrole nitrogens is 1. The number of fused-ring (bicyclic) bond motifs is 1. The zero-order valence-corrected chi connectivity index (χ0v) is 10.7. The van der Waals surface area contributed by atoms with Gasteiger partial charge in [-0.15, -0.1) is 0 Å². The Morgan fingerprint density at radius 1 is 1.32 bits per heavy atom. The number of carbonyl (C=O) groups excluding carboxylic acids is 2. The summed E-state index contributed by atoms with van der Waals surface area (Å²) in [7, 11) is 0. The van der Waals surface area contributed by atoms with E-state index in [-0.39, 0.29) is 12.5 Å². The first kappa shape index (κ1) is 13.1. The maximum atomic E-state index is 11.8. The van der Waals surface area contributed by atoms with Crippen LogP contribution in [0.1, 0.15) is 23.7 Å². The van der Waals surface area contributed by atoms with Crippen molar-refractivity contribution >= 4 is 22.8 Å². The van der Waals surface area contributed by atoms with Gasteiger partial charge in [-0.05, 0) is 30.0 Å². The first-order valence-electron chi connectivity index (χ1n) is 6.21. The molecule has 0 spiro atoms. The summed E-state index contributed by atoms with van der Waals surface area (Å²) in [6, 6.07) is 7.15. The molecule has 0 saturated carbocycles. The summed E-state index contributed by atoms with van der Waals surface area (Å²) in [4.78, 5) is 26.1. The highest BCUT2D eigenvalue weighted by Crippen LogP contribution is 2.14. The summed E-state index contributed by atoms with van der Waals surface area (Å²) >= 11 is 0. The van der Waals surface area contributed by atoms with Crippen molar-refractivity contribution in [3.63, 3.8) is 0 Å². The zero-order valence-electron chi connectivity index (χ0n) is 10.7.